The van der Waals surface area contributed by atoms with Crippen LogP contribution < -0.4 is 20.1 Å². The zero-order valence-corrected chi connectivity index (χ0v) is 18.9. The van der Waals surface area contributed by atoms with E-state index in [1.165, 1.54) is 6.07 Å². The van der Waals surface area contributed by atoms with Crippen LogP contribution in [0.25, 0.3) is 0 Å². The van der Waals surface area contributed by atoms with Crippen LogP contribution in [0.4, 0.5) is 5.69 Å². The molecule has 3 aromatic carbocycles. The third-order valence-electron chi connectivity index (χ3n) is 5.06. The van der Waals surface area contributed by atoms with Crippen LogP contribution in [0.2, 0.25) is 5.02 Å². The molecular formula is C25H21ClN2O6. The second-order valence-electron chi connectivity index (χ2n) is 7.48. The Morgan fingerprint density at radius 1 is 1.00 bits per heavy atom. The first-order valence-electron chi connectivity index (χ1n) is 10.4. The summed E-state index contributed by atoms with van der Waals surface area (Å²) in [6, 6.07) is 18.4. The van der Waals surface area contributed by atoms with Crippen molar-refractivity contribution < 1.29 is 28.6 Å². The maximum absolute atomic E-state index is 13.0. The van der Waals surface area contributed by atoms with Crippen LogP contribution in [0.5, 0.6) is 11.5 Å². The van der Waals surface area contributed by atoms with Gasteiger partial charge in [0.15, 0.2) is 11.5 Å². The Bertz CT molecular complexity index is 1230. The summed E-state index contributed by atoms with van der Waals surface area (Å²) in [7, 11) is 0. The number of nitrogens with one attached hydrogen (secondary N) is 2. The minimum atomic E-state index is -1.23. The van der Waals surface area contributed by atoms with Crippen LogP contribution >= 0.6 is 11.6 Å². The summed E-state index contributed by atoms with van der Waals surface area (Å²) in [5.74, 6) is -0.832. The van der Waals surface area contributed by atoms with Gasteiger partial charge in [-0.2, -0.15) is 0 Å². The average Bonchev–Trinajstić information content (AvgIpc) is 3.32. The molecule has 8 nitrogen and oxygen atoms in total. The minimum absolute atomic E-state index is 0.0878. The lowest BCUT2D eigenvalue weighted by Crippen LogP contribution is -2.33. The van der Waals surface area contributed by atoms with Crippen molar-refractivity contribution in [1.29, 1.82) is 0 Å². The lowest BCUT2D eigenvalue weighted by Gasteiger charge is -2.18. The number of halogens is 1. The third-order valence-corrected chi connectivity index (χ3v) is 5.46. The lowest BCUT2D eigenvalue weighted by atomic mass is 10.1. The fourth-order valence-corrected chi connectivity index (χ4v) is 3.43. The summed E-state index contributed by atoms with van der Waals surface area (Å²) in [4.78, 5) is 37.9. The highest BCUT2D eigenvalue weighted by Crippen LogP contribution is 2.32. The van der Waals surface area contributed by atoms with Crippen molar-refractivity contribution in [2.45, 2.75) is 13.0 Å². The van der Waals surface area contributed by atoms with Gasteiger partial charge in [0, 0.05) is 21.8 Å². The fraction of sp³-hybridized carbons (Fsp3) is 0.160. The molecule has 1 heterocycles. The summed E-state index contributed by atoms with van der Waals surface area (Å²) in [6.45, 7) is 1.51. The quantitative estimate of drug-likeness (QED) is 0.495. The predicted molar refractivity (Wildman–Crippen MR) is 125 cm³/mol. The van der Waals surface area contributed by atoms with Crippen molar-refractivity contribution in [2.75, 3.05) is 18.7 Å². The largest absolute Gasteiger partial charge is 0.454 e. The maximum Gasteiger partial charge on any atom is 0.326 e. The van der Waals surface area contributed by atoms with E-state index in [4.69, 9.17) is 25.8 Å². The van der Waals surface area contributed by atoms with E-state index in [-0.39, 0.29) is 6.79 Å². The molecule has 0 aliphatic carbocycles. The van der Waals surface area contributed by atoms with Gasteiger partial charge in [-0.25, -0.2) is 0 Å². The van der Waals surface area contributed by atoms with E-state index in [9.17, 15) is 14.4 Å². The molecule has 0 saturated heterocycles. The molecule has 1 atom stereocenters. The standard InChI is InChI=1S/C25H21ClN2O6/c1-15-7-9-18(12-19(15)26)28-25(31)23(16-5-3-2-4-6-16)34-22(29)13-27-24(30)17-8-10-20-21(11-17)33-14-32-20/h2-12,23H,13-14H2,1H3,(H,27,30)(H,28,31). The van der Waals surface area contributed by atoms with Crippen LogP contribution in [0.15, 0.2) is 66.7 Å². The Balaban J connectivity index is 1.41. The summed E-state index contributed by atoms with van der Waals surface area (Å²) in [5, 5.41) is 5.70. The maximum atomic E-state index is 13.0. The molecule has 34 heavy (non-hydrogen) atoms. The number of aryl methyl sites for hydroxylation is 1. The van der Waals surface area contributed by atoms with E-state index < -0.39 is 30.4 Å². The summed E-state index contributed by atoms with van der Waals surface area (Å²) in [5.41, 5.74) is 2.11. The van der Waals surface area contributed by atoms with E-state index in [0.717, 1.165) is 5.56 Å². The zero-order valence-electron chi connectivity index (χ0n) is 18.2. The molecule has 3 aromatic rings. The summed E-state index contributed by atoms with van der Waals surface area (Å²) >= 11 is 6.14. The Morgan fingerprint density at radius 3 is 2.53 bits per heavy atom. The monoisotopic (exact) mass is 480 g/mol. The molecule has 1 aliphatic heterocycles. The van der Waals surface area contributed by atoms with E-state index >= 15 is 0 Å². The first kappa shape index (κ1) is 23.1. The molecule has 0 bridgehead atoms. The van der Waals surface area contributed by atoms with E-state index in [2.05, 4.69) is 10.6 Å². The summed E-state index contributed by atoms with van der Waals surface area (Å²) in [6.07, 6.45) is -1.23. The first-order valence-corrected chi connectivity index (χ1v) is 10.8. The number of rotatable bonds is 7. The van der Waals surface area contributed by atoms with Gasteiger partial charge in [0.2, 0.25) is 12.9 Å². The smallest absolute Gasteiger partial charge is 0.326 e. The number of esters is 1. The van der Waals surface area contributed by atoms with Gasteiger partial charge in [0.05, 0.1) is 0 Å². The normalized spacial score (nSPS) is 12.5. The molecule has 0 spiro atoms. The second kappa shape index (κ2) is 10.3. The Hall–Kier alpha value is -4.04. The van der Waals surface area contributed by atoms with Crippen LogP contribution in [-0.4, -0.2) is 31.1 Å². The Kier molecular flexibility index (Phi) is 6.98. The summed E-state index contributed by atoms with van der Waals surface area (Å²) < 4.78 is 15.9. The van der Waals surface area contributed by atoms with Crippen LogP contribution in [-0.2, 0) is 14.3 Å². The van der Waals surface area contributed by atoms with Gasteiger partial charge < -0.3 is 24.8 Å². The minimum Gasteiger partial charge on any atom is -0.454 e. The molecule has 2 N–H and O–H groups in total. The van der Waals surface area contributed by atoms with Gasteiger partial charge >= 0.3 is 5.97 Å². The van der Waals surface area contributed by atoms with Crippen LogP contribution in [0, 0.1) is 6.92 Å². The Morgan fingerprint density at radius 2 is 1.76 bits per heavy atom. The van der Waals surface area contributed by atoms with Gasteiger partial charge in [0.1, 0.15) is 6.54 Å². The van der Waals surface area contributed by atoms with Crippen molar-refractivity contribution in [3.8, 4) is 11.5 Å². The molecule has 2 amide bonds. The highest BCUT2D eigenvalue weighted by molar-refractivity contribution is 6.31. The molecule has 0 fully saturated rings. The average molecular weight is 481 g/mol. The number of carbonyl (C=O) groups is 3. The van der Waals surface area contributed by atoms with Crippen LogP contribution in [0.3, 0.4) is 0 Å². The third kappa shape index (κ3) is 5.47. The number of fused-ring (bicyclic) bond motifs is 1. The number of amides is 2. The van der Waals surface area contributed by atoms with Gasteiger partial charge in [-0.05, 0) is 42.8 Å². The van der Waals surface area contributed by atoms with E-state index in [0.29, 0.717) is 33.3 Å². The molecule has 0 aromatic heterocycles. The number of hydrogen-bond acceptors (Lipinski definition) is 6. The van der Waals surface area contributed by atoms with Crippen LogP contribution in [0.1, 0.15) is 27.6 Å². The van der Waals surface area contributed by atoms with Crippen molar-refractivity contribution in [3.05, 3.63) is 88.4 Å². The fourth-order valence-electron chi connectivity index (χ4n) is 3.24. The van der Waals surface area contributed by atoms with E-state index in [1.807, 2.05) is 6.92 Å². The van der Waals surface area contributed by atoms with Gasteiger partial charge in [-0.15, -0.1) is 0 Å². The zero-order chi connectivity index (χ0) is 24.1. The second-order valence-corrected chi connectivity index (χ2v) is 7.89. The molecule has 9 heteroatoms. The number of carbonyl (C=O) groups excluding carboxylic acids is 3. The molecule has 1 aliphatic rings. The van der Waals surface area contributed by atoms with Gasteiger partial charge in [-0.3, -0.25) is 14.4 Å². The van der Waals surface area contributed by atoms with Crippen molar-refractivity contribution >= 4 is 35.1 Å². The first-order chi connectivity index (χ1) is 16.4. The van der Waals surface area contributed by atoms with Gasteiger partial charge in [0.25, 0.3) is 11.8 Å². The highest BCUT2D eigenvalue weighted by Gasteiger charge is 2.26. The molecule has 1 unspecified atom stereocenters. The Labute approximate surface area is 200 Å². The lowest BCUT2D eigenvalue weighted by molar-refractivity contribution is -0.153. The van der Waals surface area contributed by atoms with E-state index in [1.54, 1.807) is 60.7 Å². The van der Waals surface area contributed by atoms with Crippen molar-refractivity contribution in [2.24, 2.45) is 0 Å². The number of ether oxygens (including phenoxy) is 3. The highest BCUT2D eigenvalue weighted by atomic mass is 35.5. The number of benzene rings is 3. The number of hydrogen-bond donors (Lipinski definition) is 2. The van der Waals surface area contributed by atoms with Crippen molar-refractivity contribution in [3.63, 3.8) is 0 Å². The molecular weight excluding hydrogens is 460 g/mol. The molecule has 0 radical (unpaired) electrons. The van der Waals surface area contributed by atoms with Crippen molar-refractivity contribution in [1.82, 2.24) is 5.32 Å². The molecule has 174 valence electrons. The SMILES string of the molecule is Cc1ccc(NC(=O)C(OC(=O)CNC(=O)c2ccc3c(c2)OCO3)c2ccccc2)cc1Cl. The number of anilines is 1. The predicted octanol–water partition coefficient (Wildman–Crippen LogP) is 4.03. The topological polar surface area (TPSA) is 103 Å². The molecule has 0 saturated carbocycles. The van der Waals surface area contributed by atoms with Gasteiger partial charge in [-0.1, -0.05) is 48.0 Å². The molecule has 4 rings (SSSR count).